The Morgan fingerprint density at radius 3 is 1.55 bits per heavy atom. The molecule has 0 spiro atoms. The molecule has 0 N–H and O–H groups in total. The minimum Gasteiger partial charge on any atom is -0.468 e. The molecule has 0 bridgehead atoms. The summed E-state index contributed by atoms with van der Waals surface area (Å²) in [5.74, 6) is 0. The van der Waals surface area contributed by atoms with Crippen molar-refractivity contribution in [2.24, 2.45) is 0 Å². The second kappa shape index (κ2) is 14.8. The minimum absolute atomic E-state index is 0.0165. The fourth-order valence-electron chi connectivity index (χ4n) is 11.4. The molecule has 0 saturated carbocycles. The molecule has 344 valence electrons. The van der Waals surface area contributed by atoms with Crippen molar-refractivity contribution in [1.29, 1.82) is 0 Å². The van der Waals surface area contributed by atoms with E-state index in [0.29, 0.717) is 0 Å². The first-order valence-electron chi connectivity index (χ1n) is 25.0. The van der Waals surface area contributed by atoms with Crippen LogP contribution in [0.2, 0.25) is 0 Å². The lowest BCUT2D eigenvalue weighted by Crippen LogP contribution is -2.61. The Bertz CT molecular complexity index is 3110. The summed E-state index contributed by atoms with van der Waals surface area (Å²) in [6.45, 7) is 39.8. The SMILES string of the molecule is Cc1cc2c3c(c1)N(c1ccc(C(C)(C)C)cc1)c1c(oc4ccc(C(C)(C)C)cc14)B3c1cc(C(C)(C)C)ccc1N2c1cc2c(cc1-c1ccc(C(C)(C)C)cc1)C(C)(C)CCC2(C)C. The average molecular weight is 885 g/mol. The molecule has 3 heterocycles. The first-order chi connectivity index (χ1) is 31.1. The van der Waals surface area contributed by atoms with E-state index in [9.17, 15) is 0 Å². The molecule has 4 heteroatoms. The van der Waals surface area contributed by atoms with E-state index in [-0.39, 0.29) is 39.2 Å². The zero-order valence-electron chi connectivity index (χ0n) is 43.7. The number of nitrogens with zero attached hydrogens (tertiary/aromatic N) is 2. The van der Waals surface area contributed by atoms with E-state index in [1.165, 1.54) is 83.7 Å². The Morgan fingerprint density at radius 2 is 0.985 bits per heavy atom. The zero-order valence-corrected chi connectivity index (χ0v) is 43.7. The van der Waals surface area contributed by atoms with Gasteiger partial charge in [-0.25, -0.2) is 0 Å². The number of anilines is 6. The highest BCUT2D eigenvalue weighted by molar-refractivity contribution is 7.00. The lowest BCUT2D eigenvalue weighted by molar-refractivity contribution is 0.332. The molecule has 1 aliphatic carbocycles. The summed E-state index contributed by atoms with van der Waals surface area (Å²) in [6, 6.07) is 43.1. The Labute approximate surface area is 403 Å². The van der Waals surface area contributed by atoms with Crippen LogP contribution < -0.4 is 26.4 Å². The van der Waals surface area contributed by atoms with Gasteiger partial charge in [0.25, 0.3) is 6.71 Å². The fraction of sp³-hybridized carbons (Fsp3) is 0.397. The largest absolute Gasteiger partial charge is 0.468 e. The van der Waals surface area contributed by atoms with E-state index >= 15 is 0 Å². The summed E-state index contributed by atoms with van der Waals surface area (Å²) in [6.07, 6.45) is 2.31. The van der Waals surface area contributed by atoms with Crippen molar-refractivity contribution in [3.05, 3.63) is 148 Å². The second-order valence-electron chi connectivity index (χ2n) is 25.9. The number of hydrogen-bond acceptors (Lipinski definition) is 3. The molecule has 0 atom stereocenters. The summed E-state index contributed by atoms with van der Waals surface area (Å²) >= 11 is 0. The van der Waals surface area contributed by atoms with Crippen molar-refractivity contribution in [2.75, 3.05) is 9.80 Å². The smallest absolute Gasteiger partial charge is 0.297 e. The number of aryl methyl sites for hydroxylation is 1. The third kappa shape index (κ3) is 7.39. The third-order valence-corrected chi connectivity index (χ3v) is 15.8. The summed E-state index contributed by atoms with van der Waals surface area (Å²) in [4.78, 5) is 5.20. The standard InChI is InChI=1S/C63H73BN2O/c1-38-32-52-55-53(33-38)66(51-37-48-47(62(14,15)30-31-63(48,16)17)36-45(51)39-18-20-40(21-19-39)58(2,3)4)50-28-24-43(61(11,12)13)35-49(50)64(55)57-56(46-34-42(60(8,9)10)25-29-54(46)67-57)65(52)44-26-22-41(23-27-44)59(5,6)7/h18-29,32-37H,30-31H2,1-17H3. The van der Waals surface area contributed by atoms with Crippen molar-refractivity contribution in [2.45, 2.75) is 163 Å². The van der Waals surface area contributed by atoms with Crippen molar-refractivity contribution in [1.82, 2.24) is 0 Å². The Hall–Kier alpha value is -5.48. The van der Waals surface area contributed by atoms with Crippen LogP contribution in [-0.2, 0) is 32.5 Å². The summed E-state index contributed by atoms with van der Waals surface area (Å²) in [5, 5.41) is 1.16. The third-order valence-electron chi connectivity index (χ3n) is 15.8. The second-order valence-corrected chi connectivity index (χ2v) is 25.9. The van der Waals surface area contributed by atoms with Crippen molar-refractivity contribution in [3.8, 4) is 11.1 Å². The van der Waals surface area contributed by atoms with Gasteiger partial charge < -0.3 is 14.2 Å². The van der Waals surface area contributed by atoms with E-state index < -0.39 is 0 Å². The van der Waals surface area contributed by atoms with Gasteiger partial charge in [0.2, 0.25) is 0 Å². The topological polar surface area (TPSA) is 19.6 Å². The number of rotatable bonds is 3. The normalized spacial score (nSPS) is 16.5. The van der Waals surface area contributed by atoms with Crippen LogP contribution in [0.5, 0.6) is 0 Å². The summed E-state index contributed by atoms with van der Waals surface area (Å²) < 4.78 is 7.39. The maximum Gasteiger partial charge on any atom is 0.297 e. The number of hydrogen-bond donors (Lipinski definition) is 0. The molecule has 3 nitrogen and oxygen atoms in total. The van der Waals surface area contributed by atoms with Crippen LogP contribution in [-0.4, -0.2) is 6.71 Å². The molecule has 2 aliphatic heterocycles. The molecule has 0 amide bonds. The minimum atomic E-state index is -0.132. The van der Waals surface area contributed by atoms with Crippen LogP contribution in [0, 0.1) is 6.92 Å². The predicted molar refractivity (Wildman–Crippen MR) is 290 cm³/mol. The molecule has 7 aromatic rings. The molecule has 0 saturated heterocycles. The fourth-order valence-corrected chi connectivity index (χ4v) is 11.4. The first kappa shape index (κ1) is 45.3. The van der Waals surface area contributed by atoms with Crippen LogP contribution in [0.15, 0.2) is 114 Å². The number of furan rings is 1. The van der Waals surface area contributed by atoms with Gasteiger partial charge >= 0.3 is 0 Å². The summed E-state index contributed by atoms with van der Waals surface area (Å²) in [5.41, 5.74) is 23.7. The number of fused-ring (bicyclic) bond motifs is 7. The zero-order chi connectivity index (χ0) is 48.1. The van der Waals surface area contributed by atoms with Crippen LogP contribution >= 0.6 is 0 Å². The van der Waals surface area contributed by atoms with Gasteiger partial charge in [0.05, 0.1) is 17.0 Å². The molecule has 10 rings (SSSR count). The van der Waals surface area contributed by atoms with E-state index in [0.717, 1.165) is 40.8 Å². The maximum atomic E-state index is 7.39. The van der Waals surface area contributed by atoms with Crippen molar-refractivity contribution in [3.63, 3.8) is 0 Å². The quantitative estimate of drug-likeness (QED) is 0.165. The van der Waals surface area contributed by atoms with Gasteiger partial charge in [-0.15, -0.1) is 0 Å². The molecule has 67 heavy (non-hydrogen) atoms. The van der Waals surface area contributed by atoms with E-state index in [2.05, 4.69) is 237 Å². The Kier molecular flexibility index (Phi) is 9.98. The molecule has 0 fully saturated rings. The van der Waals surface area contributed by atoms with E-state index in [1.54, 1.807) is 0 Å². The molecule has 6 aromatic carbocycles. The van der Waals surface area contributed by atoms with Crippen molar-refractivity contribution < 1.29 is 4.42 Å². The van der Waals surface area contributed by atoms with E-state index in [1.807, 2.05) is 0 Å². The average Bonchev–Trinajstić information content (AvgIpc) is 3.62. The van der Waals surface area contributed by atoms with Gasteiger partial charge in [-0.2, -0.15) is 0 Å². The summed E-state index contributed by atoms with van der Waals surface area (Å²) in [7, 11) is 0. The first-order valence-corrected chi connectivity index (χ1v) is 25.0. The van der Waals surface area contributed by atoms with Gasteiger partial charge in [-0.3, -0.25) is 0 Å². The number of benzene rings is 6. The Balaban J connectivity index is 1.33. The van der Waals surface area contributed by atoms with Gasteiger partial charge in [-0.05, 0) is 162 Å². The maximum absolute atomic E-state index is 7.39. The predicted octanol–water partition coefficient (Wildman–Crippen LogP) is 16.0. The van der Waals surface area contributed by atoms with Crippen LogP contribution in [0.4, 0.5) is 34.1 Å². The highest BCUT2D eigenvalue weighted by Gasteiger charge is 2.48. The van der Waals surface area contributed by atoms with E-state index in [4.69, 9.17) is 4.42 Å². The van der Waals surface area contributed by atoms with Gasteiger partial charge in [0.1, 0.15) is 5.58 Å². The van der Waals surface area contributed by atoms with Crippen molar-refractivity contribution >= 4 is 68.4 Å². The lowest BCUT2D eigenvalue weighted by atomic mass is 9.35. The van der Waals surface area contributed by atoms with Crippen LogP contribution in [0.1, 0.15) is 163 Å². The molecule has 3 aliphatic rings. The lowest BCUT2D eigenvalue weighted by Gasteiger charge is -2.45. The van der Waals surface area contributed by atoms with Gasteiger partial charge in [0, 0.05) is 33.7 Å². The molecule has 0 unspecified atom stereocenters. The molecular weight excluding hydrogens is 812 g/mol. The highest BCUT2D eigenvalue weighted by Crippen LogP contribution is 2.54. The highest BCUT2D eigenvalue weighted by atomic mass is 16.3. The van der Waals surface area contributed by atoms with Crippen LogP contribution in [0.25, 0.3) is 22.1 Å². The molecular formula is C63H73BN2O. The van der Waals surface area contributed by atoms with Crippen LogP contribution in [0.3, 0.4) is 0 Å². The molecule has 1 aromatic heterocycles. The monoisotopic (exact) mass is 885 g/mol. The Morgan fingerprint density at radius 1 is 0.493 bits per heavy atom. The molecule has 0 radical (unpaired) electrons. The van der Waals surface area contributed by atoms with Gasteiger partial charge in [0.15, 0.2) is 0 Å². The van der Waals surface area contributed by atoms with Gasteiger partial charge in [-0.1, -0.05) is 165 Å².